The fourth-order valence-corrected chi connectivity index (χ4v) is 2.73. The Bertz CT molecular complexity index is 1170. The van der Waals surface area contributed by atoms with Crippen molar-refractivity contribution < 1.29 is 75.5 Å². The van der Waals surface area contributed by atoms with Crippen molar-refractivity contribution in [3.63, 3.8) is 0 Å². The number of hydrogen-bond acceptors (Lipinski definition) is 7. The molecular formula is C23H23F6N2O7Pd-. The molecule has 1 N–H and O–H groups in total. The van der Waals surface area contributed by atoms with Crippen LogP contribution < -0.4 is 5.32 Å². The zero-order valence-electron chi connectivity index (χ0n) is 20.8. The van der Waals surface area contributed by atoms with Crippen molar-refractivity contribution in [1.82, 2.24) is 0 Å². The summed E-state index contributed by atoms with van der Waals surface area (Å²) in [7, 11) is 2.25. The Balaban J connectivity index is 0. The zero-order chi connectivity index (χ0) is 28.6. The minimum absolute atomic E-state index is 0. The molecule has 0 fully saturated rings. The number of alkyl halides is 6. The first-order valence-electron chi connectivity index (χ1n) is 9.95. The number of nitro groups is 1. The van der Waals surface area contributed by atoms with Crippen LogP contribution >= 0.6 is 0 Å². The summed E-state index contributed by atoms with van der Waals surface area (Å²) in [5.41, 5.74) is -2.70. The van der Waals surface area contributed by atoms with Gasteiger partial charge in [0.1, 0.15) is 0 Å². The number of amides is 1. The molecule has 9 nitrogen and oxygen atoms in total. The molecule has 0 bridgehead atoms. The summed E-state index contributed by atoms with van der Waals surface area (Å²) in [6.45, 7) is 1.17. The van der Waals surface area contributed by atoms with Crippen LogP contribution in [0.25, 0.3) is 0 Å². The van der Waals surface area contributed by atoms with Gasteiger partial charge in [-0.1, -0.05) is 12.1 Å². The number of nitro benzene ring substituents is 1. The number of nitrogens with one attached hydrogen (secondary N) is 1. The van der Waals surface area contributed by atoms with E-state index in [9.17, 15) is 50.8 Å². The molecule has 0 aliphatic carbocycles. The predicted molar refractivity (Wildman–Crippen MR) is 122 cm³/mol. The standard InChI is InChI=1S/C12H12F3NO3.C10H8F3NO4.CH3.Pd/c1-7(17)16-10-6-9(12(13,14)15)4-3-8(10)5-11(18)19-2;1-18-9(15)4-6-2-3-7(10(11,12)13)5-8(6)14(16)17;;/h3-4,6H,5H2,1-2H3,(H,16,17);2-3,5H,4H2,1H3;1H3;/q;;-1;. The number of carbonyl (C=O) groups is 3. The molecule has 0 heterocycles. The van der Waals surface area contributed by atoms with Gasteiger partial charge in [-0.05, 0) is 23.8 Å². The SMILES string of the molecule is COC(=O)Cc1ccc(C(F)(F)F)cc1NC(C)=O.COC(=O)Cc1ccc(C(F)(F)F)cc1[N+](=O)[O-].[CH3-].[Pd]. The average Bonchev–Trinajstić information content (AvgIpc) is 2.78. The molecule has 16 heteroatoms. The van der Waals surface area contributed by atoms with Gasteiger partial charge < -0.3 is 22.2 Å². The van der Waals surface area contributed by atoms with E-state index in [1.54, 1.807) is 0 Å². The summed E-state index contributed by atoms with van der Waals surface area (Å²) in [5.74, 6) is -1.89. The third-order valence-corrected chi connectivity index (χ3v) is 4.48. The van der Waals surface area contributed by atoms with Crippen LogP contribution in [0.5, 0.6) is 0 Å². The molecule has 220 valence electrons. The molecule has 0 aliphatic heterocycles. The molecule has 39 heavy (non-hydrogen) atoms. The van der Waals surface area contributed by atoms with Crippen molar-refractivity contribution in [2.75, 3.05) is 19.5 Å². The average molecular weight is 660 g/mol. The summed E-state index contributed by atoms with van der Waals surface area (Å²) in [5, 5.41) is 12.9. The molecular weight excluding hydrogens is 637 g/mol. The van der Waals surface area contributed by atoms with Gasteiger partial charge in [-0.2, -0.15) is 26.3 Å². The van der Waals surface area contributed by atoms with E-state index in [0.717, 1.165) is 31.4 Å². The minimum atomic E-state index is -4.67. The summed E-state index contributed by atoms with van der Waals surface area (Å²) in [6, 6.07) is 4.77. The molecule has 0 unspecified atom stereocenters. The van der Waals surface area contributed by atoms with Crippen LogP contribution in [0.2, 0.25) is 0 Å². The van der Waals surface area contributed by atoms with Gasteiger partial charge in [-0.15, -0.1) is 0 Å². The van der Waals surface area contributed by atoms with Crippen LogP contribution in [-0.4, -0.2) is 37.0 Å². The van der Waals surface area contributed by atoms with Gasteiger partial charge in [-0.25, -0.2) is 0 Å². The third kappa shape index (κ3) is 12.3. The van der Waals surface area contributed by atoms with Crippen molar-refractivity contribution in [2.45, 2.75) is 32.1 Å². The maximum absolute atomic E-state index is 12.6. The Labute approximate surface area is 232 Å². The largest absolute Gasteiger partial charge is 0.469 e. The van der Waals surface area contributed by atoms with Gasteiger partial charge in [0.25, 0.3) is 5.69 Å². The first-order valence-corrected chi connectivity index (χ1v) is 9.95. The third-order valence-electron chi connectivity index (χ3n) is 4.48. The van der Waals surface area contributed by atoms with Crippen LogP contribution in [0.1, 0.15) is 29.2 Å². The number of carbonyl (C=O) groups excluding carboxylic acids is 3. The monoisotopic (exact) mass is 659 g/mol. The number of esters is 2. The van der Waals surface area contributed by atoms with Gasteiger partial charge in [0.05, 0.1) is 43.1 Å². The van der Waals surface area contributed by atoms with Gasteiger partial charge >= 0.3 is 24.3 Å². The van der Waals surface area contributed by atoms with Crippen LogP contribution in [0.4, 0.5) is 37.7 Å². The number of rotatable bonds is 6. The van der Waals surface area contributed by atoms with E-state index >= 15 is 0 Å². The van der Waals surface area contributed by atoms with Crippen molar-refractivity contribution in [3.8, 4) is 0 Å². The van der Waals surface area contributed by atoms with Crippen LogP contribution in [-0.2, 0) is 69.5 Å². The second-order valence-corrected chi connectivity index (χ2v) is 7.16. The number of hydrogen-bond donors (Lipinski definition) is 1. The molecule has 2 aromatic carbocycles. The fraction of sp³-hybridized carbons (Fsp3) is 0.304. The Hall–Kier alpha value is -3.51. The number of benzene rings is 2. The molecule has 2 aromatic rings. The number of halogens is 6. The van der Waals surface area contributed by atoms with Crippen LogP contribution in [0.15, 0.2) is 36.4 Å². The van der Waals surface area contributed by atoms with Crippen molar-refractivity contribution in [2.24, 2.45) is 0 Å². The van der Waals surface area contributed by atoms with Crippen molar-refractivity contribution >= 4 is 29.2 Å². The van der Waals surface area contributed by atoms with E-state index in [4.69, 9.17) is 0 Å². The Morgan fingerprint density at radius 3 is 1.64 bits per heavy atom. The molecule has 0 spiro atoms. The minimum Gasteiger partial charge on any atom is -0.469 e. The maximum Gasteiger partial charge on any atom is 0.416 e. The van der Waals surface area contributed by atoms with E-state index in [1.807, 2.05) is 0 Å². The van der Waals surface area contributed by atoms with Crippen molar-refractivity contribution in [1.29, 1.82) is 0 Å². The number of anilines is 1. The molecule has 0 atom stereocenters. The second kappa shape index (κ2) is 15.8. The summed E-state index contributed by atoms with van der Waals surface area (Å²) < 4.78 is 83.6. The Morgan fingerprint density at radius 1 is 0.846 bits per heavy atom. The summed E-state index contributed by atoms with van der Waals surface area (Å²) in [4.78, 5) is 42.8. The second-order valence-electron chi connectivity index (χ2n) is 7.16. The summed E-state index contributed by atoms with van der Waals surface area (Å²) in [6.07, 6.45) is -9.86. The van der Waals surface area contributed by atoms with Gasteiger partial charge in [0.2, 0.25) is 5.91 Å². The number of ether oxygens (including phenoxy) is 2. The molecule has 0 radical (unpaired) electrons. The van der Waals surface area contributed by atoms with Gasteiger partial charge in [-0.3, -0.25) is 24.5 Å². The molecule has 2 rings (SSSR count). The van der Waals surface area contributed by atoms with Gasteiger partial charge in [0, 0.05) is 44.7 Å². The topological polar surface area (TPSA) is 125 Å². The van der Waals surface area contributed by atoms with Gasteiger partial charge in [0.15, 0.2) is 0 Å². The molecule has 0 saturated heterocycles. The summed E-state index contributed by atoms with van der Waals surface area (Å²) >= 11 is 0. The van der Waals surface area contributed by atoms with E-state index < -0.39 is 58.4 Å². The Kier molecular flexibility index (Phi) is 15.2. The fourth-order valence-electron chi connectivity index (χ4n) is 2.73. The normalized spacial score (nSPS) is 10.5. The van der Waals surface area contributed by atoms with Crippen LogP contribution in [0.3, 0.4) is 0 Å². The zero-order valence-corrected chi connectivity index (χ0v) is 22.3. The molecule has 0 saturated carbocycles. The molecule has 0 aliphatic rings. The van der Waals surface area contributed by atoms with E-state index in [0.29, 0.717) is 12.1 Å². The van der Waals surface area contributed by atoms with Crippen molar-refractivity contribution in [3.05, 3.63) is 76.2 Å². The maximum atomic E-state index is 12.6. The van der Waals surface area contributed by atoms with E-state index in [-0.39, 0.29) is 51.1 Å². The predicted octanol–water partition coefficient (Wildman–Crippen LogP) is 5.16. The van der Waals surface area contributed by atoms with Crippen LogP contribution in [0, 0.1) is 17.5 Å². The molecule has 1 amide bonds. The Morgan fingerprint density at radius 2 is 1.26 bits per heavy atom. The smallest absolute Gasteiger partial charge is 0.416 e. The van der Waals surface area contributed by atoms with E-state index in [2.05, 4.69) is 14.8 Å². The number of nitrogens with zero attached hydrogens (tertiary/aromatic N) is 1. The quantitative estimate of drug-likeness (QED) is 0.114. The van der Waals surface area contributed by atoms with E-state index in [1.165, 1.54) is 14.0 Å². The number of methoxy groups -OCH3 is 2. The first kappa shape index (κ1) is 37.6. The molecule has 0 aromatic heterocycles. The first-order chi connectivity index (χ1) is 17.0.